The van der Waals surface area contributed by atoms with Crippen LogP contribution in [0.4, 0.5) is 0 Å². The lowest BCUT2D eigenvalue weighted by Gasteiger charge is -2.23. The molecule has 0 saturated carbocycles. The maximum absolute atomic E-state index is 6.33. The fraction of sp³-hybridized carbons (Fsp3) is 0. The second-order valence-electron chi connectivity index (χ2n) is 4.96. The maximum atomic E-state index is 6.33. The summed E-state index contributed by atoms with van der Waals surface area (Å²) in [5, 5.41) is 0. The third-order valence-electron chi connectivity index (χ3n) is 2.57. The summed E-state index contributed by atoms with van der Waals surface area (Å²) in [5.41, 5.74) is 0. The molecule has 1 aromatic rings. The normalized spacial score (nSPS) is 32.6. The van der Waals surface area contributed by atoms with E-state index in [2.05, 4.69) is 27.1 Å². The largest absolute Gasteiger partial charge is 0.431 e. The molecule has 0 radical (unpaired) electrons. The molecular weight excluding hydrogens is 728 g/mol. The third kappa shape index (κ3) is 8.07. The second-order valence-corrected chi connectivity index (χ2v) is 31.2. The third-order valence-corrected chi connectivity index (χ3v) is 26.5. The van der Waals surface area contributed by atoms with Gasteiger partial charge in [-0.05, 0) is 137 Å². The smallest absolute Gasteiger partial charge is 0.350 e. The highest BCUT2D eigenvalue weighted by Crippen LogP contribution is 2.87. The molecule has 170 valence electrons. The van der Waals surface area contributed by atoms with Crippen molar-refractivity contribution in [2.24, 2.45) is 27.1 Å². The topological polar surface area (TPSA) is 92.6 Å². The van der Waals surface area contributed by atoms with Crippen LogP contribution in [-0.2, 0) is 0 Å². The monoisotopic (exact) mass is 728 g/mol. The van der Waals surface area contributed by atoms with Gasteiger partial charge in [-0.2, -0.15) is 27.1 Å². The zero-order chi connectivity index (χ0) is 22.6. The molecule has 2 aliphatic rings. The summed E-state index contributed by atoms with van der Waals surface area (Å²) in [6, 6.07) is 5.91. The number of benzene rings is 1. The predicted molar refractivity (Wildman–Crippen MR) is 142 cm³/mol. The highest BCUT2D eigenvalue weighted by molar-refractivity contribution is 8.23. The summed E-state index contributed by atoms with van der Waals surface area (Å²) in [7, 11) is 0. The first-order valence-corrected chi connectivity index (χ1v) is 25.7. The maximum Gasteiger partial charge on any atom is 0.350 e. The van der Waals surface area contributed by atoms with Gasteiger partial charge in [-0.25, -0.2) is 0 Å². The van der Waals surface area contributed by atoms with Crippen LogP contribution in [0.2, 0.25) is 0 Å². The van der Waals surface area contributed by atoms with Gasteiger partial charge in [0, 0.05) is 0 Å². The molecular formula is C6H4Cl10N6O2P6. The summed E-state index contributed by atoms with van der Waals surface area (Å²) >= 11 is 60.8. The van der Waals surface area contributed by atoms with E-state index in [1.807, 2.05) is 0 Å². The molecule has 30 heavy (non-hydrogen) atoms. The van der Waals surface area contributed by atoms with Gasteiger partial charge in [0.05, 0.1) is 0 Å². The highest BCUT2D eigenvalue weighted by Gasteiger charge is 2.35. The molecule has 24 heteroatoms. The molecule has 3 rings (SSSR count). The van der Waals surface area contributed by atoms with E-state index in [0.717, 1.165) is 0 Å². The van der Waals surface area contributed by atoms with Gasteiger partial charge in [0.1, 0.15) is 11.5 Å². The van der Waals surface area contributed by atoms with Gasteiger partial charge in [0.2, 0.25) is 0 Å². The predicted octanol–water partition coefficient (Wildman–Crippen LogP) is 14.5. The van der Waals surface area contributed by atoms with Crippen molar-refractivity contribution >= 4 is 150 Å². The van der Waals surface area contributed by atoms with Gasteiger partial charge in [0.15, 0.2) is 0 Å². The minimum absolute atomic E-state index is 0.240. The van der Waals surface area contributed by atoms with Crippen LogP contribution in [0.5, 0.6) is 11.5 Å². The van der Waals surface area contributed by atoms with Gasteiger partial charge in [0.25, 0.3) is 23.6 Å². The summed E-state index contributed by atoms with van der Waals surface area (Å²) in [6.45, 7) is -6.79. The zero-order valence-corrected chi connectivity index (χ0v) is 26.2. The average molecular weight is 733 g/mol. The van der Waals surface area contributed by atoms with E-state index in [9.17, 15) is 0 Å². The van der Waals surface area contributed by atoms with Gasteiger partial charge < -0.3 is 9.05 Å². The summed E-state index contributed by atoms with van der Waals surface area (Å²) in [4.78, 5) is 0. The first-order valence-electron chi connectivity index (χ1n) is 6.69. The fourth-order valence-electron chi connectivity index (χ4n) is 1.80. The summed E-state index contributed by atoms with van der Waals surface area (Å²) < 4.78 is 34.8. The molecule has 2 unspecified atom stereocenters. The van der Waals surface area contributed by atoms with Crippen LogP contribution in [0.25, 0.3) is 0 Å². The van der Waals surface area contributed by atoms with Crippen LogP contribution >= 0.6 is 150 Å². The minimum atomic E-state index is -3.40. The SMILES string of the molecule is ClP1(Cl)=NP(Cl)(Cl)=NP(Cl)(Oc2ccc(OP3(Cl)=NP(Cl)(Cl)=NP(Cl)(Cl)=N3)cc2)=N1. The Balaban J connectivity index is 1.87. The average Bonchev–Trinajstić information content (AvgIpc) is 2.40. The van der Waals surface area contributed by atoms with Gasteiger partial charge in [-0.15, -0.1) is 0 Å². The van der Waals surface area contributed by atoms with E-state index in [-0.39, 0.29) is 11.5 Å². The Kier molecular flexibility index (Phi) is 8.79. The van der Waals surface area contributed by atoms with Crippen molar-refractivity contribution in [3.63, 3.8) is 0 Å². The lowest BCUT2D eigenvalue weighted by atomic mass is 10.3. The van der Waals surface area contributed by atoms with Crippen LogP contribution < -0.4 is 9.05 Å². The number of hydrogen-bond acceptors (Lipinski definition) is 8. The minimum Gasteiger partial charge on any atom is -0.431 e. The number of rotatable bonds is 4. The molecule has 0 aromatic heterocycles. The summed E-state index contributed by atoms with van der Waals surface area (Å²) in [5.74, 6) is -12.4. The van der Waals surface area contributed by atoms with E-state index in [1.165, 1.54) is 24.3 Å². The van der Waals surface area contributed by atoms with Crippen LogP contribution in [0.3, 0.4) is 0 Å². The van der Waals surface area contributed by atoms with Gasteiger partial charge >= 0.3 is 13.6 Å². The van der Waals surface area contributed by atoms with Crippen LogP contribution in [-0.4, -0.2) is 0 Å². The highest BCUT2D eigenvalue weighted by atomic mass is 35.9. The van der Waals surface area contributed by atoms with Gasteiger partial charge in [-0.3, -0.25) is 0 Å². The lowest BCUT2D eigenvalue weighted by Crippen LogP contribution is -1.89. The molecule has 2 aliphatic heterocycles. The van der Waals surface area contributed by atoms with Crippen molar-refractivity contribution in [2.45, 2.75) is 0 Å². The molecule has 2 atom stereocenters. The van der Waals surface area contributed by atoms with Gasteiger partial charge in [-0.1, -0.05) is 0 Å². The molecule has 0 saturated heterocycles. The van der Waals surface area contributed by atoms with Crippen molar-refractivity contribution in [2.75, 3.05) is 0 Å². The Labute approximate surface area is 219 Å². The molecule has 0 bridgehead atoms. The molecule has 0 spiro atoms. The van der Waals surface area contributed by atoms with Crippen molar-refractivity contribution in [3.8, 4) is 11.5 Å². The Morgan fingerprint density at radius 3 is 0.967 bits per heavy atom. The van der Waals surface area contributed by atoms with Crippen LogP contribution in [0, 0.1) is 0 Å². The Morgan fingerprint density at radius 1 is 0.433 bits per heavy atom. The molecule has 0 amide bonds. The van der Waals surface area contributed by atoms with Crippen molar-refractivity contribution in [1.29, 1.82) is 0 Å². The van der Waals surface area contributed by atoms with Crippen LogP contribution in [0.15, 0.2) is 51.4 Å². The van der Waals surface area contributed by atoms with Crippen molar-refractivity contribution < 1.29 is 9.05 Å². The Bertz CT molecular complexity index is 1110. The van der Waals surface area contributed by atoms with Crippen LogP contribution in [0.1, 0.15) is 0 Å². The molecule has 0 N–H and O–H groups in total. The second kappa shape index (κ2) is 9.52. The fourth-order valence-corrected chi connectivity index (χ4v) is 34.9. The van der Waals surface area contributed by atoms with Crippen molar-refractivity contribution in [3.05, 3.63) is 24.3 Å². The standard InChI is InChI=1S/C6H4Cl10N6O2P6/c7-25(8)17-26(9,10)20-29(15,19-25)23-5-1-2-6(4-3-5)24-30(16)21-27(11,12)18-28(13,14)22-30/h1-4H. The van der Waals surface area contributed by atoms with E-state index in [1.54, 1.807) is 0 Å². The first-order chi connectivity index (χ1) is 13.4. The molecule has 0 aliphatic carbocycles. The van der Waals surface area contributed by atoms with E-state index in [4.69, 9.17) is 121 Å². The molecule has 2 heterocycles. The number of nitrogens with zero attached hydrogens (tertiary/aromatic N) is 6. The number of hydrogen-bond donors (Lipinski definition) is 0. The Morgan fingerprint density at radius 2 is 0.700 bits per heavy atom. The molecule has 8 nitrogen and oxygen atoms in total. The molecule has 1 aromatic carbocycles. The van der Waals surface area contributed by atoms with E-state index >= 15 is 0 Å². The van der Waals surface area contributed by atoms with E-state index in [0.29, 0.717) is 0 Å². The first kappa shape index (κ1) is 27.7. The lowest BCUT2D eigenvalue weighted by molar-refractivity contribution is 0.601. The zero-order valence-electron chi connectivity index (χ0n) is 13.3. The molecule has 0 fully saturated rings. The quantitative estimate of drug-likeness (QED) is 0.288. The summed E-state index contributed by atoms with van der Waals surface area (Å²) in [6.07, 6.45) is 0. The van der Waals surface area contributed by atoms with Crippen molar-refractivity contribution in [1.82, 2.24) is 0 Å². The Hall–Kier alpha value is 3.10. The van der Waals surface area contributed by atoms with E-state index < -0.39 is 37.2 Å². The number of halogens is 10.